The summed E-state index contributed by atoms with van der Waals surface area (Å²) in [6, 6.07) is 5.76. The Morgan fingerprint density at radius 3 is 2.33 bits per heavy atom. The molecule has 102 valence electrons. The summed E-state index contributed by atoms with van der Waals surface area (Å²) in [6.45, 7) is 8.43. The Labute approximate surface area is 110 Å². The molecule has 1 aromatic rings. The molecule has 18 heavy (non-hydrogen) atoms. The summed E-state index contributed by atoms with van der Waals surface area (Å²) in [4.78, 5) is 0. The third-order valence-corrected chi connectivity index (χ3v) is 2.84. The van der Waals surface area contributed by atoms with Crippen LogP contribution in [0.4, 0.5) is 0 Å². The van der Waals surface area contributed by atoms with Gasteiger partial charge in [0, 0.05) is 17.7 Å². The summed E-state index contributed by atoms with van der Waals surface area (Å²) >= 11 is 0. The molecule has 0 amide bonds. The Balaban J connectivity index is 2.90. The number of ether oxygens (including phenoxy) is 2. The topological polar surface area (TPSA) is 44.5 Å². The maximum Gasteiger partial charge on any atom is 0.128 e. The van der Waals surface area contributed by atoms with Gasteiger partial charge in [-0.1, -0.05) is 19.9 Å². The van der Waals surface area contributed by atoms with E-state index in [0.29, 0.717) is 5.92 Å². The van der Waals surface area contributed by atoms with E-state index < -0.39 is 0 Å². The van der Waals surface area contributed by atoms with Gasteiger partial charge in [-0.25, -0.2) is 0 Å². The minimum absolute atomic E-state index is 0.0443. The van der Waals surface area contributed by atoms with Gasteiger partial charge >= 0.3 is 0 Å². The highest BCUT2D eigenvalue weighted by atomic mass is 16.5. The molecular weight excluding hydrogens is 226 g/mol. The second-order valence-corrected chi connectivity index (χ2v) is 5.25. The van der Waals surface area contributed by atoms with E-state index in [1.165, 1.54) is 0 Å². The molecule has 0 radical (unpaired) electrons. The van der Waals surface area contributed by atoms with Crippen molar-refractivity contribution in [3.8, 4) is 11.5 Å². The van der Waals surface area contributed by atoms with Crippen molar-refractivity contribution in [2.45, 2.75) is 46.3 Å². The fraction of sp³-hybridized carbons (Fsp3) is 0.600. The van der Waals surface area contributed by atoms with Crippen molar-refractivity contribution in [2.24, 2.45) is 11.7 Å². The van der Waals surface area contributed by atoms with Gasteiger partial charge in [0.1, 0.15) is 11.5 Å². The Hall–Kier alpha value is -1.22. The molecule has 2 N–H and O–H groups in total. The van der Waals surface area contributed by atoms with Crippen LogP contribution in [0.15, 0.2) is 18.2 Å². The van der Waals surface area contributed by atoms with Crippen LogP contribution in [0.25, 0.3) is 0 Å². The van der Waals surface area contributed by atoms with Gasteiger partial charge in [0.25, 0.3) is 0 Å². The third-order valence-electron chi connectivity index (χ3n) is 2.84. The molecule has 3 heteroatoms. The van der Waals surface area contributed by atoms with Crippen molar-refractivity contribution >= 4 is 0 Å². The molecule has 0 bridgehead atoms. The molecule has 0 heterocycles. The van der Waals surface area contributed by atoms with Gasteiger partial charge < -0.3 is 15.2 Å². The lowest BCUT2D eigenvalue weighted by Crippen LogP contribution is -2.17. The maximum atomic E-state index is 6.00. The zero-order valence-electron chi connectivity index (χ0n) is 12.1. The molecule has 2 atom stereocenters. The second kappa shape index (κ2) is 6.64. The monoisotopic (exact) mass is 251 g/mol. The average Bonchev–Trinajstić information content (AvgIpc) is 2.27. The van der Waals surface area contributed by atoms with Crippen LogP contribution < -0.4 is 15.2 Å². The van der Waals surface area contributed by atoms with Gasteiger partial charge in [0.15, 0.2) is 0 Å². The van der Waals surface area contributed by atoms with Crippen LogP contribution in [0, 0.1) is 5.92 Å². The first-order valence-electron chi connectivity index (χ1n) is 6.54. The van der Waals surface area contributed by atoms with E-state index >= 15 is 0 Å². The van der Waals surface area contributed by atoms with Crippen LogP contribution in [-0.4, -0.2) is 13.2 Å². The first-order valence-corrected chi connectivity index (χ1v) is 6.54. The van der Waals surface area contributed by atoms with Crippen LogP contribution in [-0.2, 0) is 0 Å². The fourth-order valence-corrected chi connectivity index (χ4v) is 2.05. The van der Waals surface area contributed by atoms with Crippen molar-refractivity contribution < 1.29 is 9.47 Å². The van der Waals surface area contributed by atoms with Gasteiger partial charge in [-0.15, -0.1) is 0 Å². The number of benzene rings is 1. The van der Waals surface area contributed by atoms with E-state index in [9.17, 15) is 0 Å². The number of nitrogens with two attached hydrogens (primary N) is 1. The third kappa shape index (κ3) is 4.22. The summed E-state index contributed by atoms with van der Waals surface area (Å²) < 4.78 is 11.2. The van der Waals surface area contributed by atoms with E-state index in [-0.39, 0.29) is 12.1 Å². The van der Waals surface area contributed by atoms with Crippen LogP contribution in [0.2, 0.25) is 0 Å². The molecule has 1 rings (SSSR count). The predicted molar refractivity (Wildman–Crippen MR) is 75.1 cm³/mol. The highest BCUT2D eigenvalue weighted by Crippen LogP contribution is 2.30. The van der Waals surface area contributed by atoms with Crippen molar-refractivity contribution in [1.82, 2.24) is 0 Å². The summed E-state index contributed by atoms with van der Waals surface area (Å²) in [5.74, 6) is 2.24. The smallest absolute Gasteiger partial charge is 0.128 e. The zero-order valence-corrected chi connectivity index (χ0v) is 12.1. The molecule has 3 nitrogen and oxygen atoms in total. The van der Waals surface area contributed by atoms with Crippen molar-refractivity contribution in [2.75, 3.05) is 7.11 Å². The van der Waals surface area contributed by atoms with Crippen LogP contribution in [0.5, 0.6) is 11.5 Å². The van der Waals surface area contributed by atoms with E-state index in [4.69, 9.17) is 15.2 Å². The molecule has 0 saturated carbocycles. The van der Waals surface area contributed by atoms with Crippen molar-refractivity contribution in [1.29, 1.82) is 0 Å². The van der Waals surface area contributed by atoms with Gasteiger partial charge in [-0.3, -0.25) is 0 Å². The average molecular weight is 251 g/mol. The quantitative estimate of drug-likeness (QED) is 0.841. The standard InChI is InChI=1S/C15H25NO2/c1-10(2)8-11(3)18-15-9-13(17-5)6-7-14(15)12(4)16/h6-7,9-12H,8,16H2,1-5H3. The molecule has 0 spiro atoms. The summed E-state index contributed by atoms with van der Waals surface area (Å²) in [5, 5.41) is 0. The molecule has 0 fully saturated rings. The van der Waals surface area contributed by atoms with Gasteiger partial charge in [-0.05, 0) is 32.3 Å². The number of methoxy groups -OCH3 is 1. The van der Waals surface area contributed by atoms with Crippen LogP contribution in [0.1, 0.15) is 45.7 Å². The van der Waals surface area contributed by atoms with E-state index in [2.05, 4.69) is 20.8 Å². The Kier molecular flexibility index (Phi) is 5.48. The SMILES string of the molecule is COc1ccc(C(C)N)c(OC(C)CC(C)C)c1. The molecule has 0 saturated heterocycles. The molecule has 2 unspecified atom stereocenters. The summed E-state index contributed by atoms with van der Waals surface area (Å²) in [7, 11) is 1.65. The predicted octanol–water partition coefficient (Wildman–Crippen LogP) is 3.53. The summed E-state index contributed by atoms with van der Waals surface area (Å²) in [5.41, 5.74) is 6.98. The first kappa shape index (κ1) is 14.8. The first-order chi connectivity index (χ1) is 8.43. The molecule has 0 aliphatic carbocycles. The minimum atomic E-state index is -0.0443. The molecular formula is C15H25NO2. The lowest BCUT2D eigenvalue weighted by atomic mass is 10.1. The van der Waals surface area contributed by atoms with Gasteiger partial charge in [0.05, 0.1) is 13.2 Å². The Morgan fingerprint density at radius 2 is 1.83 bits per heavy atom. The number of hydrogen-bond donors (Lipinski definition) is 1. The zero-order chi connectivity index (χ0) is 13.7. The van der Waals surface area contributed by atoms with Gasteiger partial charge in [-0.2, -0.15) is 0 Å². The second-order valence-electron chi connectivity index (χ2n) is 5.25. The largest absolute Gasteiger partial charge is 0.497 e. The summed E-state index contributed by atoms with van der Waals surface area (Å²) in [6.07, 6.45) is 1.20. The highest BCUT2D eigenvalue weighted by Gasteiger charge is 2.13. The lowest BCUT2D eigenvalue weighted by Gasteiger charge is -2.21. The normalized spacial score (nSPS) is 14.4. The highest BCUT2D eigenvalue weighted by molar-refractivity contribution is 5.42. The molecule has 0 aliphatic rings. The van der Waals surface area contributed by atoms with Crippen LogP contribution in [0.3, 0.4) is 0 Å². The molecule has 0 aliphatic heterocycles. The van der Waals surface area contributed by atoms with Crippen molar-refractivity contribution in [3.63, 3.8) is 0 Å². The Morgan fingerprint density at radius 1 is 1.17 bits per heavy atom. The number of hydrogen-bond acceptors (Lipinski definition) is 3. The van der Waals surface area contributed by atoms with Crippen molar-refractivity contribution in [3.05, 3.63) is 23.8 Å². The van der Waals surface area contributed by atoms with E-state index in [1.54, 1.807) is 7.11 Å². The van der Waals surface area contributed by atoms with E-state index in [0.717, 1.165) is 23.5 Å². The van der Waals surface area contributed by atoms with E-state index in [1.807, 2.05) is 25.1 Å². The maximum absolute atomic E-state index is 6.00. The lowest BCUT2D eigenvalue weighted by molar-refractivity contribution is 0.190. The minimum Gasteiger partial charge on any atom is -0.497 e. The molecule has 0 aromatic heterocycles. The fourth-order valence-electron chi connectivity index (χ4n) is 2.05. The van der Waals surface area contributed by atoms with Gasteiger partial charge in [0.2, 0.25) is 0 Å². The molecule has 1 aromatic carbocycles. The number of rotatable bonds is 6. The Bertz CT molecular complexity index is 375. The van der Waals surface area contributed by atoms with Crippen LogP contribution >= 0.6 is 0 Å².